The van der Waals surface area contributed by atoms with Crippen molar-refractivity contribution in [2.45, 2.75) is 18.7 Å². The van der Waals surface area contributed by atoms with Gasteiger partial charge in [0.15, 0.2) is 6.61 Å². The van der Waals surface area contributed by atoms with Gasteiger partial charge in [-0.2, -0.15) is 4.31 Å². The summed E-state index contributed by atoms with van der Waals surface area (Å²) in [7, 11) is -4.19. The van der Waals surface area contributed by atoms with Crippen molar-refractivity contribution >= 4 is 49.1 Å². The van der Waals surface area contributed by atoms with Crippen LogP contribution in [-0.2, 0) is 14.8 Å². The lowest BCUT2D eigenvalue weighted by Crippen LogP contribution is -2.40. The first kappa shape index (κ1) is 24.1. The third-order valence-corrected chi connectivity index (χ3v) is 7.03. The van der Waals surface area contributed by atoms with E-state index in [1.54, 1.807) is 42.5 Å². The molecule has 6 nitrogen and oxygen atoms in total. The largest absolute Gasteiger partial charge is 0.494 e. The van der Waals surface area contributed by atoms with Gasteiger partial charge in [0.1, 0.15) is 11.5 Å². The molecule has 3 rings (SSSR count). The highest BCUT2D eigenvalue weighted by Crippen LogP contribution is 2.29. The topological polar surface area (TPSA) is 72.9 Å². The molecule has 0 heterocycles. The molecule has 0 aromatic heterocycles. The average molecular weight is 539 g/mol. The zero-order valence-electron chi connectivity index (χ0n) is 17.4. The highest BCUT2D eigenvalue weighted by molar-refractivity contribution is 9.10. The fourth-order valence-corrected chi connectivity index (χ4v) is 5.08. The standard InChI is InChI=1S/C23H21BrClNO5S/c1-3-30-19-9-7-18(8-10-19)26(32(28,29)20-11-4-16(2)5-12-20)23(27)15-31-22-13-6-17(25)14-21(22)24/h4-14H,3,15H2,1-2H3. The monoisotopic (exact) mass is 537 g/mol. The molecule has 0 N–H and O–H groups in total. The van der Waals surface area contributed by atoms with Crippen LogP contribution in [0.5, 0.6) is 11.5 Å². The third-order valence-electron chi connectivity index (χ3n) is 4.41. The van der Waals surface area contributed by atoms with Crippen LogP contribution in [0.1, 0.15) is 12.5 Å². The van der Waals surface area contributed by atoms with E-state index in [-0.39, 0.29) is 10.6 Å². The van der Waals surface area contributed by atoms with Crippen molar-refractivity contribution in [1.82, 2.24) is 0 Å². The van der Waals surface area contributed by atoms with Gasteiger partial charge in [-0.1, -0.05) is 29.3 Å². The normalized spacial score (nSPS) is 11.1. The van der Waals surface area contributed by atoms with Gasteiger partial charge in [-0.3, -0.25) is 4.79 Å². The van der Waals surface area contributed by atoms with Gasteiger partial charge in [0, 0.05) is 5.02 Å². The van der Waals surface area contributed by atoms with Crippen LogP contribution >= 0.6 is 27.5 Å². The summed E-state index contributed by atoms with van der Waals surface area (Å²) in [5.41, 5.74) is 1.08. The van der Waals surface area contributed by atoms with Gasteiger partial charge in [-0.25, -0.2) is 8.42 Å². The zero-order valence-corrected chi connectivity index (χ0v) is 20.6. The van der Waals surface area contributed by atoms with Crippen molar-refractivity contribution < 1.29 is 22.7 Å². The first-order valence-electron chi connectivity index (χ1n) is 9.68. The summed E-state index contributed by atoms with van der Waals surface area (Å²) in [6.07, 6.45) is 0. The van der Waals surface area contributed by atoms with Crippen LogP contribution in [0.2, 0.25) is 5.02 Å². The number of aryl methyl sites for hydroxylation is 1. The number of hydrogen-bond acceptors (Lipinski definition) is 5. The smallest absolute Gasteiger partial charge is 0.278 e. The van der Waals surface area contributed by atoms with Crippen molar-refractivity contribution in [3.63, 3.8) is 0 Å². The molecule has 0 bridgehead atoms. The van der Waals surface area contributed by atoms with E-state index in [0.717, 1.165) is 9.87 Å². The quantitative estimate of drug-likeness (QED) is 0.373. The van der Waals surface area contributed by atoms with Crippen molar-refractivity contribution in [2.75, 3.05) is 17.5 Å². The predicted molar refractivity (Wildman–Crippen MR) is 128 cm³/mol. The van der Waals surface area contributed by atoms with Crippen molar-refractivity contribution in [1.29, 1.82) is 0 Å². The maximum absolute atomic E-state index is 13.4. The fourth-order valence-electron chi connectivity index (χ4n) is 2.87. The van der Waals surface area contributed by atoms with Gasteiger partial charge in [0.2, 0.25) is 0 Å². The summed E-state index contributed by atoms with van der Waals surface area (Å²) < 4.78 is 39.1. The van der Waals surface area contributed by atoms with E-state index in [4.69, 9.17) is 21.1 Å². The number of anilines is 1. The molecule has 168 valence electrons. The number of benzene rings is 3. The number of hydrogen-bond donors (Lipinski definition) is 0. The Kier molecular flexibility index (Phi) is 7.82. The van der Waals surface area contributed by atoms with Crippen molar-refractivity contribution in [3.8, 4) is 11.5 Å². The molecule has 0 aliphatic heterocycles. The molecular formula is C23H21BrClNO5S. The summed E-state index contributed by atoms with van der Waals surface area (Å²) in [6.45, 7) is 3.66. The Hall–Kier alpha value is -2.55. The molecule has 0 unspecified atom stereocenters. The lowest BCUT2D eigenvalue weighted by atomic mass is 10.2. The van der Waals surface area contributed by atoms with E-state index in [2.05, 4.69) is 15.9 Å². The fraction of sp³-hybridized carbons (Fsp3) is 0.174. The molecule has 3 aromatic rings. The lowest BCUT2D eigenvalue weighted by molar-refractivity contribution is -0.119. The Balaban J connectivity index is 1.95. The van der Waals surface area contributed by atoms with Gasteiger partial charge in [0.05, 0.1) is 21.7 Å². The molecule has 0 aliphatic carbocycles. The first-order valence-corrected chi connectivity index (χ1v) is 12.3. The number of carbonyl (C=O) groups excluding carboxylic acids is 1. The molecule has 32 heavy (non-hydrogen) atoms. The second kappa shape index (κ2) is 10.4. The Bertz CT molecular complexity index is 1200. The molecule has 0 saturated heterocycles. The molecule has 9 heteroatoms. The number of rotatable bonds is 8. The summed E-state index contributed by atoms with van der Waals surface area (Å²) in [4.78, 5) is 13.1. The molecular weight excluding hydrogens is 518 g/mol. The van der Waals surface area contributed by atoms with E-state index in [1.807, 2.05) is 13.8 Å². The summed E-state index contributed by atoms with van der Waals surface area (Å²) in [6, 6.07) is 17.4. The van der Waals surface area contributed by atoms with Crippen molar-refractivity contribution in [2.24, 2.45) is 0 Å². The third kappa shape index (κ3) is 5.62. The molecule has 0 atom stereocenters. The summed E-state index contributed by atoms with van der Waals surface area (Å²) in [5, 5.41) is 0.494. The Morgan fingerprint density at radius 3 is 2.25 bits per heavy atom. The van der Waals surface area contributed by atoms with E-state index in [1.165, 1.54) is 24.3 Å². The van der Waals surface area contributed by atoms with Gasteiger partial charge in [-0.15, -0.1) is 0 Å². The van der Waals surface area contributed by atoms with Crippen LogP contribution < -0.4 is 13.8 Å². The number of carbonyl (C=O) groups is 1. The SMILES string of the molecule is CCOc1ccc(N(C(=O)COc2ccc(Cl)cc2Br)S(=O)(=O)c2ccc(C)cc2)cc1. The van der Waals surface area contributed by atoms with Crippen LogP contribution in [0.3, 0.4) is 0 Å². The zero-order chi connectivity index (χ0) is 23.3. The molecule has 0 spiro atoms. The number of sulfonamides is 1. The minimum Gasteiger partial charge on any atom is -0.494 e. The molecule has 0 aliphatic rings. The molecule has 3 aromatic carbocycles. The van der Waals surface area contributed by atoms with Gasteiger partial charge < -0.3 is 9.47 Å². The molecule has 0 fully saturated rings. The van der Waals surface area contributed by atoms with Crippen LogP contribution in [0.25, 0.3) is 0 Å². The Labute approximate surface area is 200 Å². The van der Waals surface area contributed by atoms with E-state index >= 15 is 0 Å². The van der Waals surface area contributed by atoms with E-state index < -0.39 is 22.5 Å². The predicted octanol–water partition coefficient (Wildman–Crippen LogP) is 5.61. The van der Waals surface area contributed by atoms with Crippen LogP contribution in [0.15, 0.2) is 76.1 Å². The first-order chi connectivity index (χ1) is 15.2. The average Bonchev–Trinajstić information content (AvgIpc) is 2.75. The highest BCUT2D eigenvalue weighted by atomic mass is 79.9. The van der Waals surface area contributed by atoms with E-state index in [0.29, 0.717) is 27.6 Å². The minimum atomic E-state index is -4.19. The molecule has 0 radical (unpaired) electrons. The van der Waals surface area contributed by atoms with Gasteiger partial charge in [0.25, 0.3) is 15.9 Å². The maximum atomic E-state index is 13.4. The maximum Gasteiger partial charge on any atom is 0.278 e. The minimum absolute atomic E-state index is 0.00184. The van der Waals surface area contributed by atoms with Gasteiger partial charge >= 0.3 is 0 Å². The second-order valence-corrected chi connectivity index (χ2v) is 9.84. The van der Waals surface area contributed by atoms with E-state index in [9.17, 15) is 13.2 Å². The number of ether oxygens (including phenoxy) is 2. The Morgan fingerprint density at radius 1 is 1.00 bits per heavy atom. The van der Waals surface area contributed by atoms with Crippen molar-refractivity contribution in [3.05, 3.63) is 81.8 Å². The second-order valence-electron chi connectivity index (χ2n) is 6.77. The number of nitrogens with zero attached hydrogens (tertiary/aromatic N) is 1. The summed E-state index contributed by atoms with van der Waals surface area (Å²) >= 11 is 9.25. The lowest BCUT2D eigenvalue weighted by Gasteiger charge is -2.23. The molecule has 0 saturated carbocycles. The van der Waals surface area contributed by atoms with Crippen LogP contribution in [-0.4, -0.2) is 27.5 Å². The number of amides is 1. The van der Waals surface area contributed by atoms with Gasteiger partial charge in [-0.05, 0) is 84.4 Å². The van der Waals surface area contributed by atoms with Crippen LogP contribution in [0, 0.1) is 6.92 Å². The Morgan fingerprint density at radius 2 is 1.66 bits per heavy atom. The summed E-state index contributed by atoms with van der Waals surface area (Å²) in [5.74, 6) is 0.177. The van der Waals surface area contributed by atoms with Crippen LogP contribution in [0.4, 0.5) is 5.69 Å². The number of halogens is 2. The molecule has 1 amide bonds. The highest BCUT2D eigenvalue weighted by Gasteiger charge is 2.31.